The van der Waals surface area contributed by atoms with Crippen LogP contribution < -0.4 is 5.32 Å². The highest BCUT2D eigenvalue weighted by molar-refractivity contribution is 7.98. The standard InChI is InChI=1S/C15H20N2O2S/c1-11(10-20-2)9-17-13(18)8-16-15(19)14(17)12-6-4-3-5-7-12/h3-7,11,14H,8-10H2,1-2H3,(H,16,19). The van der Waals surface area contributed by atoms with Crippen LogP contribution in [0.2, 0.25) is 0 Å². The molecule has 1 aromatic rings. The molecule has 0 bridgehead atoms. The van der Waals surface area contributed by atoms with Crippen LogP contribution >= 0.6 is 11.8 Å². The first kappa shape index (κ1) is 14.9. The first-order valence-corrected chi connectivity index (χ1v) is 8.14. The van der Waals surface area contributed by atoms with Crippen molar-refractivity contribution in [3.05, 3.63) is 35.9 Å². The summed E-state index contributed by atoms with van der Waals surface area (Å²) in [5.41, 5.74) is 0.870. The van der Waals surface area contributed by atoms with Crippen molar-refractivity contribution in [2.45, 2.75) is 13.0 Å². The van der Waals surface area contributed by atoms with E-state index >= 15 is 0 Å². The normalized spacial score (nSPS) is 20.7. The Morgan fingerprint density at radius 2 is 2.05 bits per heavy atom. The van der Waals surface area contributed by atoms with Crippen LogP contribution in [0.25, 0.3) is 0 Å². The molecule has 1 aliphatic heterocycles. The molecular weight excluding hydrogens is 272 g/mol. The number of amides is 2. The molecule has 0 saturated carbocycles. The van der Waals surface area contributed by atoms with E-state index in [1.54, 1.807) is 16.7 Å². The monoisotopic (exact) mass is 292 g/mol. The first-order chi connectivity index (χ1) is 9.63. The minimum Gasteiger partial charge on any atom is -0.345 e. The molecule has 1 N–H and O–H groups in total. The fourth-order valence-corrected chi connectivity index (χ4v) is 3.17. The van der Waals surface area contributed by atoms with Gasteiger partial charge in [0.05, 0.1) is 6.54 Å². The second kappa shape index (κ2) is 6.79. The largest absolute Gasteiger partial charge is 0.345 e. The number of thioether (sulfide) groups is 1. The Kier molecular flexibility index (Phi) is 5.06. The predicted molar refractivity (Wildman–Crippen MR) is 81.5 cm³/mol. The second-order valence-electron chi connectivity index (χ2n) is 5.14. The molecule has 2 amide bonds. The summed E-state index contributed by atoms with van der Waals surface area (Å²) in [7, 11) is 0. The van der Waals surface area contributed by atoms with Gasteiger partial charge in [-0.05, 0) is 23.5 Å². The topological polar surface area (TPSA) is 49.4 Å². The lowest BCUT2D eigenvalue weighted by atomic mass is 10.0. The molecule has 1 saturated heterocycles. The van der Waals surface area contributed by atoms with Gasteiger partial charge in [0.15, 0.2) is 0 Å². The van der Waals surface area contributed by atoms with E-state index in [4.69, 9.17) is 0 Å². The summed E-state index contributed by atoms with van der Waals surface area (Å²) >= 11 is 1.76. The molecule has 1 heterocycles. The van der Waals surface area contributed by atoms with Crippen molar-refractivity contribution in [1.29, 1.82) is 0 Å². The van der Waals surface area contributed by atoms with Gasteiger partial charge in [-0.1, -0.05) is 37.3 Å². The van der Waals surface area contributed by atoms with Gasteiger partial charge in [-0.25, -0.2) is 0 Å². The molecule has 0 aliphatic carbocycles. The van der Waals surface area contributed by atoms with Gasteiger partial charge in [-0.3, -0.25) is 9.59 Å². The van der Waals surface area contributed by atoms with Crippen LogP contribution in [0.15, 0.2) is 30.3 Å². The number of carbonyl (C=O) groups excluding carboxylic acids is 2. The number of benzene rings is 1. The Balaban J connectivity index is 2.23. The maximum Gasteiger partial charge on any atom is 0.247 e. The molecule has 2 unspecified atom stereocenters. The third-order valence-corrected chi connectivity index (χ3v) is 4.27. The fraction of sp³-hybridized carbons (Fsp3) is 0.467. The van der Waals surface area contributed by atoms with E-state index in [1.807, 2.05) is 30.3 Å². The summed E-state index contributed by atoms with van der Waals surface area (Å²) < 4.78 is 0. The number of piperazine rings is 1. The molecule has 20 heavy (non-hydrogen) atoms. The zero-order valence-corrected chi connectivity index (χ0v) is 12.7. The SMILES string of the molecule is CSCC(C)CN1C(=O)CNC(=O)C1c1ccccc1. The van der Waals surface area contributed by atoms with Crippen LogP contribution in [-0.2, 0) is 9.59 Å². The van der Waals surface area contributed by atoms with E-state index < -0.39 is 6.04 Å². The van der Waals surface area contributed by atoms with Crippen LogP contribution in [0.3, 0.4) is 0 Å². The van der Waals surface area contributed by atoms with E-state index in [0.29, 0.717) is 12.5 Å². The average molecular weight is 292 g/mol. The van der Waals surface area contributed by atoms with Crippen LogP contribution in [0, 0.1) is 5.92 Å². The second-order valence-corrected chi connectivity index (χ2v) is 6.05. The van der Waals surface area contributed by atoms with Crippen molar-refractivity contribution < 1.29 is 9.59 Å². The number of hydrogen-bond donors (Lipinski definition) is 1. The summed E-state index contributed by atoms with van der Waals surface area (Å²) in [6.07, 6.45) is 2.05. The summed E-state index contributed by atoms with van der Waals surface area (Å²) in [6.45, 7) is 2.83. The minimum atomic E-state index is -0.498. The highest BCUT2D eigenvalue weighted by Gasteiger charge is 2.35. The van der Waals surface area contributed by atoms with E-state index in [-0.39, 0.29) is 18.4 Å². The van der Waals surface area contributed by atoms with E-state index in [9.17, 15) is 9.59 Å². The molecule has 1 aliphatic rings. The maximum atomic E-state index is 12.2. The first-order valence-electron chi connectivity index (χ1n) is 6.74. The molecule has 0 spiro atoms. The summed E-state index contributed by atoms with van der Waals surface area (Å²) in [5, 5.41) is 2.68. The predicted octanol–water partition coefficient (Wildman–Crippen LogP) is 1.69. The molecule has 1 fully saturated rings. The number of nitrogens with zero attached hydrogens (tertiary/aromatic N) is 1. The van der Waals surface area contributed by atoms with Crippen molar-refractivity contribution in [3.63, 3.8) is 0 Å². The maximum absolute atomic E-state index is 12.2. The highest BCUT2D eigenvalue weighted by Crippen LogP contribution is 2.25. The van der Waals surface area contributed by atoms with Crippen LogP contribution in [0.5, 0.6) is 0 Å². The Hall–Kier alpha value is -1.49. The fourth-order valence-electron chi connectivity index (χ4n) is 2.49. The van der Waals surface area contributed by atoms with Gasteiger partial charge >= 0.3 is 0 Å². The molecule has 0 aromatic heterocycles. The van der Waals surface area contributed by atoms with E-state index in [2.05, 4.69) is 18.5 Å². The highest BCUT2D eigenvalue weighted by atomic mass is 32.2. The zero-order chi connectivity index (χ0) is 14.5. The number of hydrogen-bond acceptors (Lipinski definition) is 3. The van der Waals surface area contributed by atoms with Gasteiger partial charge < -0.3 is 10.2 Å². The number of carbonyl (C=O) groups is 2. The van der Waals surface area contributed by atoms with Crippen LogP contribution in [0.4, 0.5) is 0 Å². The van der Waals surface area contributed by atoms with Crippen molar-refractivity contribution in [3.8, 4) is 0 Å². The smallest absolute Gasteiger partial charge is 0.247 e. The van der Waals surface area contributed by atoms with E-state index in [0.717, 1.165) is 11.3 Å². The van der Waals surface area contributed by atoms with Gasteiger partial charge in [-0.15, -0.1) is 0 Å². The van der Waals surface area contributed by atoms with Gasteiger partial charge in [0.25, 0.3) is 0 Å². The van der Waals surface area contributed by atoms with Crippen molar-refractivity contribution in [1.82, 2.24) is 10.2 Å². The minimum absolute atomic E-state index is 0.00796. The molecule has 0 radical (unpaired) electrons. The third kappa shape index (κ3) is 3.33. The Morgan fingerprint density at radius 1 is 1.35 bits per heavy atom. The lowest BCUT2D eigenvalue weighted by Gasteiger charge is -2.36. The van der Waals surface area contributed by atoms with Crippen molar-refractivity contribution >= 4 is 23.6 Å². The molecule has 5 heteroatoms. The number of nitrogens with one attached hydrogen (secondary N) is 1. The quantitative estimate of drug-likeness (QED) is 0.898. The summed E-state index contributed by atoms with van der Waals surface area (Å²) in [6, 6.07) is 8.99. The lowest BCUT2D eigenvalue weighted by molar-refractivity contribution is -0.146. The van der Waals surface area contributed by atoms with Gasteiger partial charge in [0.1, 0.15) is 6.04 Å². The lowest BCUT2D eigenvalue weighted by Crippen LogP contribution is -2.54. The summed E-state index contributed by atoms with van der Waals surface area (Å²) in [4.78, 5) is 26.1. The summed E-state index contributed by atoms with van der Waals surface area (Å²) in [5.74, 6) is 1.25. The molecule has 4 nitrogen and oxygen atoms in total. The molecular formula is C15H20N2O2S. The molecule has 2 atom stereocenters. The molecule has 108 valence electrons. The van der Waals surface area contributed by atoms with E-state index in [1.165, 1.54) is 0 Å². The Bertz CT molecular complexity index is 478. The van der Waals surface area contributed by atoms with Gasteiger partial charge in [-0.2, -0.15) is 11.8 Å². The Labute approximate surface area is 123 Å². The zero-order valence-electron chi connectivity index (χ0n) is 11.8. The molecule has 2 rings (SSSR count). The molecule has 1 aromatic carbocycles. The third-order valence-electron chi connectivity index (χ3n) is 3.37. The Morgan fingerprint density at radius 3 is 2.70 bits per heavy atom. The average Bonchev–Trinajstić information content (AvgIpc) is 2.44. The van der Waals surface area contributed by atoms with Crippen LogP contribution in [0.1, 0.15) is 18.5 Å². The van der Waals surface area contributed by atoms with Crippen molar-refractivity contribution in [2.75, 3.05) is 25.1 Å². The van der Waals surface area contributed by atoms with Crippen LogP contribution in [-0.4, -0.2) is 41.8 Å². The van der Waals surface area contributed by atoms with Gasteiger partial charge in [0.2, 0.25) is 11.8 Å². The number of rotatable bonds is 5. The van der Waals surface area contributed by atoms with Crippen molar-refractivity contribution in [2.24, 2.45) is 5.92 Å². The van der Waals surface area contributed by atoms with Gasteiger partial charge in [0, 0.05) is 6.54 Å².